The lowest BCUT2D eigenvalue weighted by atomic mass is 9.97. The van der Waals surface area contributed by atoms with E-state index in [-0.39, 0.29) is 17.2 Å². The Morgan fingerprint density at radius 3 is 2.93 bits per heavy atom. The van der Waals surface area contributed by atoms with E-state index in [1.165, 1.54) is 30.8 Å². The number of benzene rings is 1. The second-order valence-electron chi connectivity index (χ2n) is 6.38. The summed E-state index contributed by atoms with van der Waals surface area (Å²) in [5, 5.41) is 22.5. The van der Waals surface area contributed by atoms with E-state index in [0.29, 0.717) is 16.6 Å². The highest BCUT2D eigenvalue weighted by molar-refractivity contribution is 7.99. The lowest BCUT2D eigenvalue weighted by molar-refractivity contribution is -0.387. The van der Waals surface area contributed by atoms with E-state index in [1.54, 1.807) is 23.7 Å². The second-order valence-corrected chi connectivity index (χ2v) is 7.39. The Morgan fingerprint density at radius 1 is 1.41 bits per heavy atom. The van der Waals surface area contributed by atoms with Gasteiger partial charge in [0.15, 0.2) is 5.16 Å². The van der Waals surface area contributed by atoms with Crippen molar-refractivity contribution in [1.82, 2.24) is 20.1 Å². The van der Waals surface area contributed by atoms with Gasteiger partial charge < -0.3 is 9.88 Å². The van der Waals surface area contributed by atoms with E-state index in [0.717, 1.165) is 31.0 Å². The minimum atomic E-state index is -0.484. The van der Waals surface area contributed by atoms with Gasteiger partial charge in [0, 0.05) is 25.2 Å². The smallest absolute Gasteiger partial charge is 0.284 e. The molecular formula is C18H21N5O3S. The van der Waals surface area contributed by atoms with Crippen LogP contribution >= 0.6 is 11.8 Å². The van der Waals surface area contributed by atoms with Gasteiger partial charge in [-0.15, -0.1) is 10.2 Å². The van der Waals surface area contributed by atoms with Crippen LogP contribution in [0, 0.1) is 10.1 Å². The van der Waals surface area contributed by atoms with E-state index >= 15 is 0 Å². The summed E-state index contributed by atoms with van der Waals surface area (Å²) >= 11 is 1.14. The maximum atomic E-state index is 12.4. The molecule has 1 aliphatic carbocycles. The van der Waals surface area contributed by atoms with Crippen molar-refractivity contribution in [2.45, 2.75) is 42.2 Å². The molecule has 0 bridgehead atoms. The number of carbonyl (C=O) groups is 1. The standard InChI is InChI=1S/C18H21N5O3S/c1-22-12-20-21-18(22)27-16-8-7-14(11-15(16)23(25)26)17(24)19-10-9-13-5-3-2-4-6-13/h5,7-8,11-12H,2-4,6,9-10H2,1H3,(H,19,24). The van der Waals surface area contributed by atoms with E-state index in [2.05, 4.69) is 21.6 Å². The Balaban J connectivity index is 1.67. The van der Waals surface area contributed by atoms with Crippen LogP contribution in [-0.2, 0) is 7.05 Å². The van der Waals surface area contributed by atoms with Gasteiger partial charge in [0.05, 0.1) is 9.82 Å². The summed E-state index contributed by atoms with van der Waals surface area (Å²) in [4.78, 5) is 23.7. The van der Waals surface area contributed by atoms with Crippen LogP contribution in [0.5, 0.6) is 0 Å². The van der Waals surface area contributed by atoms with Crippen molar-refractivity contribution in [3.05, 3.63) is 51.9 Å². The maximum absolute atomic E-state index is 12.4. The average Bonchev–Trinajstić information content (AvgIpc) is 3.07. The summed E-state index contributed by atoms with van der Waals surface area (Å²) in [7, 11) is 1.76. The van der Waals surface area contributed by atoms with Gasteiger partial charge in [-0.3, -0.25) is 14.9 Å². The summed E-state index contributed by atoms with van der Waals surface area (Å²) in [6.45, 7) is 0.536. The Kier molecular flexibility index (Phi) is 6.23. The molecule has 1 N–H and O–H groups in total. The molecule has 1 amide bonds. The van der Waals surface area contributed by atoms with Gasteiger partial charge >= 0.3 is 0 Å². The Bertz CT molecular complexity index is 878. The van der Waals surface area contributed by atoms with Crippen LogP contribution in [-0.4, -0.2) is 32.1 Å². The lowest BCUT2D eigenvalue weighted by Crippen LogP contribution is -2.25. The third kappa shape index (κ3) is 4.94. The summed E-state index contributed by atoms with van der Waals surface area (Å²) in [5.74, 6) is -0.301. The fourth-order valence-corrected chi connectivity index (χ4v) is 3.77. The molecule has 1 aromatic heterocycles. The van der Waals surface area contributed by atoms with E-state index < -0.39 is 4.92 Å². The quantitative estimate of drug-likeness (QED) is 0.443. The second kappa shape index (κ2) is 8.81. The number of amides is 1. The highest BCUT2D eigenvalue weighted by atomic mass is 32.2. The third-order valence-corrected chi connectivity index (χ3v) is 5.52. The van der Waals surface area contributed by atoms with Gasteiger partial charge in [-0.05, 0) is 56.0 Å². The zero-order valence-corrected chi connectivity index (χ0v) is 15.9. The van der Waals surface area contributed by atoms with Crippen LogP contribution < -0.4 is 5.32 Å². The molecule has 3 rings (SSSR count). The third-order valence-electron chi connectivity index (χ3n) is 4.41. The maximum Gasteiger partial charge on any atom is 0.284 e. The number of nitrogens with zero attached hydrogens (tertiary/aromatic N) is 4. The van der Waals surface area contributed by atoms with Crippen molar-refractivity contribution in [1.29, 1.82) is 0 Å². The van der Waals surface area contributed by atoms with Crippen LogP contribution in [0.2, 0.25) is 0 Å². The van der Waals surface area contributed by atoms with Gasteiger partial charge in [-0.25, -0.2) is 0 Å². The van der Waals surface area contributed by atoms with Crippen molar-refractivity contribution in [3.8, 4) is 0 Å². The van der Waals surface area contributed by atoms with Crippen molar-refractivity contribution in [2.24, 2.45) is 7.05 Å². The molecule has 0 radical (unpaired) electrons. The number of aromatic nitrogens is 3. The molecule has 0 atom stereocenters. The molecule has 0 spiro atoms. The number of carbonyl (C=O) groups excluding carboxylic acids is 1. The molecular weight excluding hydrogens is 366 g/mol. The van der Waals surface area contributed by atoms with Gasteiger partial charge in [-0.1, -0.05) is 11.6 Å². The SMILES string of the molecule is Cn1cnnc1Sc1ccc(C(=O)NCCC2=CCCCC2)cc1[N+](=O)[O-]. The molecule has 9 heteroatoms. The normalized spacial score (nSPS) is 13.9. The topological polar surface area (TPSA) is 103 Å². The average molecular weight is 387 g/mol. The number of aryl methyl sites for hydroxylation is 1. The molecule has 0 saturated carbocycles. The molecule has 2 aromatic rings. The van der Waals surface area contributed by atoms with Crippen molar-refractivity contribution < 1.29 is 9.72 Å². The number of hydrogen-bond donors (Lipinski definition) is 1. The minimum Gasteiger partial charge on any atom is -0.352 e. The lowest BCUT2D eigenvalue weighted by Gasteiger charge is -2.13. The predicted molar refractivity (Wildman–Crippen MR) is 102 cm³/mol. The fraction of sp³-hybridized carbons (Fsp3) is 0.389. The van der Waals surface area contributed by atoms with Gasteiger partial charge in [0.25, 0.3) is 11.6 Å². The van der Waals surface area contributed by atoms with Crippen molar-refractivity contribution >= 4 is 23.4 Å². The highest BCUT2D eigenvalue weighted by Crippen LogP contribution is 2.34. The molecule has 1 aliphatic rings. The minimum absolute atomic E-state index is 0.120. The van der Waals surface area contributed by atoms with Crippen molar-refractivity contribution in [3.63, 3.8) is 0 Å². The summed E-state index contributed by atoms with van der Waals surface area (Å²) in [6, 6.07) is 4.49. The molecule has 0 saturated heterocycles. The molecule has 27 heavy (non-hydrogen) atoms. The molecule has 142 valence electrons. The number of nitro groups is 1. The summed E-state index contributed by atoms with van der Waals surface area (Å²) < 4.78 is 1.68. The molecule has 1 heterocycles. The first-order valence-electron chi connectivity index (χ1n) is 8.81. The van der Waals surface area contributed by atoms with Crippen LogP contribution in [0.25, 0.3) is 0 Å². The van der Waals surface area contributed by atoms with Crippen LogP contribution in [0.1, 0.15) is 42.5 Å². The molecule has 0 fully saturated rings. The largest absolute Gasteiger partial charge is 0.352 e. The Morgan fingerprint density at radius 2 is 2.26 bits per heavy atom. The van der Waals surface area contributed by atoms with Gasteiger partial charge in [0.1, 0.15) is 6.33 Å². The monoisotopic (exact) mass is 387 g/mol. The number of hydrogen-bond acceptors (Lipinski definition) is 6. The first kappa shape index (κ1) is 19.1. The summed E-state index contributed by atoms with van der Waals surface area (Å²) in [6.07, 6.45) is 9.24. The van der Waals surface area contributed by atoms with Crippen molar-refractivity contribution in [2.75, 3.05) is 6.54 Å². The van der Waals surface area contributed by atoms with Gasteiger partial charge in [0.2, 0.25) is 0 Å². The first-order chi connectivity index (χ1) is 13.0. The number of nitrogens with one attached hydrogen (secondary N) is 1. The van der Waals surface area contributed by atoms with Crippen LogP contribution in [0.15, 0.2) is 46.2 Å². The Labute approximate surface area is 161 Å². The zero-order chi connectivity index (χ0) is 19.2. The fourth-order valence-electron chi connectivity index (χ4n) is 2.92. The number of allylic oxidation sites excluding steroid dienone is 1. The van der Waals surface area contributed by atoms with Crippen LogP contribution in [0.4, 0.5) is 5.69 Å². The Hall–Kier alpha value is -2.68. The van der Waals surface area contributed by atoms with E-state index in [1.807, 2.05) is 0 Å². The summed E-state index contributed by atoms with van der Waals surface area (Å²) in [5.41, 5.74) is 1.54. The van der Waals surface area contributed by atoms with E-state index in [4.69, 9.17) is 0 Å². The molecule has 1 aromatic carbocycles. The highest BCUT2D eigenvalue weighted by Gasteiger charge is 2.20. The molecule has 0 unspecified atom stereocenters. The zero-order valence-electron chi connectivity index (χ0n) is 15.1. The van der Waals surface area contributed by atoms with Gasteiger partial charge in [-0.2, -0.15) is 0 Å². The molecule has 0 aliphatic heterocycles. The molecule has 8 nitrogen and oxygen atoms in total. The van der Waals surface area contributed by atoms with Crippen LogP contribution in [0.3, 0.4) is 0 Å². The number of rotatable bonds is 7. The predicted octanol–water partition coefficient (Wildman–Crippen LogP) is 3.49. The first-order valence-corrected chi connectivity index (χ1v) is 9.62. The van der Waals surface area contributed by atoms with E-state index in [9.17, 15) is 14.9 Å². The number of nitro benzene ring substituents is 1.